The Morgan fingerprint density at radius 3 is 2.92 bits per heavy atom. The van der Waals surface area contributed by atoms with Gasteiger partial charge in [-0.2, -0.15) is 5.10 Å². The van der Waals surface area contributed by atoms with Crippen LogP contribution in [0.15, 0.2) is 46.9 Å². The Bertz CT molecular complexity index is 835. The number of methoxy groups -OCH3 is 1. The van der Waals surface area contributed by atoms with Crippen LogP contribution in [-0.4, -0.2) is 29.8 Å². The zero-order valence-electron chi connectivity index (χ0n) is 13.6. The number of hydrogen-bond donors (Lipinski definition) is 2. The van der Waals surface area contributed by atoms with Crippen LogP contribution in [0, 0.1) is 6.92 Å². The van der Waals surface area contributed by atoms with Crippen LogP contribution in [-0.2, 0) is 6.42 Å². The number of ether oxygens (including phenoxy) is 1. The lowest BCUT2D eigenvalue weighted by Crippen LogP contribution is -2.26. The third-order valence-corrected chi connectivity index (χ3v) is 3.65. The lowest BCUT2D eigenvalue weighted by molar-refractivity contribution is 0.0949. The third kappa shape index (κ3) is 3.65. The molecule has 0 unspecified atom stereocenters. The second-order valence-corrected chi connectivity index (χ2v) is 5.43. The monoisotopic (exact) mass is 325 g/mol. The Morgan fingerprint density at radius 2 is 2.17 bits per heavy atom. The van der Waals surface area contributed by atoms with Crippen molar-refractivity contribution < 1.29 is 13.9 Å². The molecule has 6 heteroatoms. The molecule has 24 heavy (non-hydrogen) atoms. The lowest BCUT2D eigenvalue weighted by Gasteiger charge is -2.05. The first kappa shape index (κ1) is 15.9. The summed E-state index contributed by atoms with van der Waals surface area (Å²) in [6, 6.07) is 13.2. The molecule has 2 heterocycles. The van der Waals surface area contributed by atoms with E-state index in [4.69, 9.17) is 9.15 Å². The van der Waals surface area contributed by atoms with Crippen LogP contribution in [0.1, 0.15) is 21.8 Å². The van der Waals surface area contributed by atoms with Crippen molar-refractivity contribution in [2.75, 3.05) is 13.7 Å². The summed E-state index contributed by atoms with van der Waals surface area (Å²) >= 11 is 0. The number of nitrogens with one attached hydrogen (secondary N) is 2. The van der Waals surface area contributed by atoms with Gasteiger partial charge in [0.05, 0.1) is 7.11 Å². The van der Waals surface area contributed by atoms with Crippen molar-refractivity contribution in [1.29, 1.82) is 0 Å². The predicted molar refractivity (Wildman–Crippen MR) is 90.1 cm³/mol. The van der Waals surface area contributed by atoms with Crippen molar-refractivity contribution in [2.45, 2.75) is 13.3 Å². The average molecular weight is 325 g/mol. The molecule has 124 valence electrons. The van der Waals surface area contributed by atoms with E-state index < -0.39 is 0 Å². The van der Waals surface area contributed by atoms with E-state index in [1.807, 2.05) is 43.3 Å². The number of H-pyrrole nitrogens is 1. The molecule has 0 saturated carbocycles. The van der Waals surface area contributed by atoms with Crippen LogP contribution >= 0.6 is 0 Å². The third-order valence-electron chi connectivity index (χ3n) is 3.65. The number of nitrogens with zero attached hydrogens (tertiary/aromatic N) is 1. The normalized spacial score (nSPS) is 10.6. The summed E-state index contributed by atoms with van der Waals surface area (Å²) in [5.41, 5.74) is 2.12. The molecule has 0 aliphatic rings. The molecule has 0 aliphatic heterocycles. The molecule has 2 aromatic heterocycles. The smallest absolute Gasteiger partial charge is 0.271 e. The number of aromatic amines is 1. The molecule has 1 aromatic carbocycles. The van der Waals surface area contributed by atoms with E-state index in [9.17, 15) is 4.79 Å². The Morgan fingerprint density at radius 1 is 1.29 bits per heavy atom. The fourth-order valence-corrected chi connectivity index (χ4v) is 2.38. The van der Waals surface area contributed by atoms with E-state index in [1.54, 1.807) is 13.2 Å². The van der Waals surface area contributed by atoms with E-state index in [1.165, 1.54) is 0 Å². The summed E-state index contributed by atoms with van der Waals surface area (Å²) in [5, 5.41) is 9.72. The molecule has 1 amide bonds. The summed E-state index contributed by atoms with van der Waals surface area (Å²) in [5.74, 6) is 2.06. The van der Waals surface area contributed by atoms with E-state index >= 15 is 0 Å². The average Bonchev–Trinajstić information content (AvgIpc) is 3.24. The maximum atomic E-state index is 12.2. The highest BCUT2D eigenvalue weighted by atomic mass is 16.5. The van der Waals surface area contributed by atoms with Gasteiger partial charge >= 0.3 is 0 Å². The number of hydrogen-bond acceptors (Lipinski definition) is 4. The van der Waals surface area contributed by atoms with Gasteiger partial charge in [0.25, 0.3) is 5.91 Å². The van der Waals surface area contributed by atoms with E-state index in [2.05, 4.69) is 15.5 Å². The number of aryl methyl sites for hydroxylation is 1. The van der Waals surface area contributed by atoms with Crippen LogP contribution in [0.3, 0.4) is 0 Å². The van der Waals surface area contributed by atoms with Crippen molar-refractivity contribution >= 4 is 5.91 Å². The lowest BCUT2D eigenvalue weighted by atomic mass is 10.1. The summed E-state index contributed by atoms with van der Waals surface area (Å²) in [6.45, 7) is 2.39. The van der Waals surface area contributed by atoms with Crippen LogP contribution in [0.2, 0.25) is 0 Å². The highest BCUT2D eigenvalue weighted by Gasteiger charge is 2.12. The van der Waals surface area contributed by atoms with Crippen LogP contribution in [0.25, 0.3) is 11.5 Å². The number of carbonyl (C=O) groups excluding carboxylic acids is 1. The molecule has 3 rings (SSSR count). The van der Waals surface area contributed by atoms with Crippen molar-refractivity contribution in [3.8, 4) is 17.2 Å². The summed E-state index contributed by atoms with van der Waals surface area (Å²) < 4.78 is 10.7. The van der Waals surface area contributed by atoms with Crippen LogP contribution < -0.4 is 10.1 Å². The van der Waals surface area contributed by atoms with Gasteiger partial charge in [-0.25, -0.2) is 0 Å². The molecule has 0 saturated heterocycles. The second kappa shape index (κ2) is 7.04. The van der Waals surface area contributed by atoms with Gasteiger partial charge in [-0.05, 0) is 43.2 Å². The van der Waals surface area contributed by atoms with Crippen LogP contribution in [0.5, 0.6) is 5.75 Å². The van der Waals surface area contributed by atoms with E-state index in [0.29, 0.717) is 23.7 Å². The Labute approximate surface area is 139 Å². The molecular weight excluding hydrogens is 306 g/mol. The number of aromatic nitrogens is 2. The highest BCUT2D eigenvalue weighted by molar-refractivity contribution is 5.93. The maximum Gasteiger partial charge on any atom is 0.271 e. The Balaban J connectivity index is 1.56. The molecule has 6 nitrogen and oxygen atoms in total. The molecule has 0 spiro atoms. The SMILES string of the molecule is COc1cccc(CCNC(=O)c2cc(-c3ccc(C)o3)[nH]n2)c1. The molecule has 0 aliphatic carbocycles. The van der Waals surface area contributed by atoms with Crippen molar-refractivity contribution in [3.05, 3.63) is 59.5 Å². The van der Waals surface area contributed by atoms with Crippen molar-refractivity contribution in [3.63, 3.8) is 0 Å². The predicted octanol–water partition coefficient (Wildman–Crippen LogP) is 2.96. The topological polar surface area (TPSA) is 80.1 Å². The zero-order chi connectivity index (χ0) is 16.9. The van der Waals surface area contributed by atoms with Crippen molar-refractivity contribution in [2.24, 2.45) is 0 Å². The first-order chi connectivity index (χ1) is 11.7. The molecule has 0 bridgehead atoms. The minimum atomic E-state index is -0.219. The largest absolute Gasteiger partial charge is 0.497 e. The molecule has 0 atom stereocenters. The number of benzene rings is 1. The quantitative estimate of drug-likeness (QED) is 0.730. The summed E-state index contributed by atoms with van der Waals surface area (Å²) in [4.78, 5) is 12.2. The summed E-state index contributed by atoms with van der Waals surface area (Å²) in [6.07, 6.45) is 0.720. The maximum absolute atomic E-state index is 12.2. The summed E-state index contributed by atoms with van der Waals surface area (Å²) in [7, 11) is 1.64. The first-order valence-electron chi connectivity index (χ1n) is 7.69. The molecule has 3 aromatic rings. The number of furan rings is 1. The fourth-order valence-electron chi connectivity index (χ4n) is 2.38. The molecule has 2 N–H and O–H groups in total. The second-order valence-electron chi connectivity index (χ2n) is 5.43. The van der Waals surface area contributed by atoms with Gasteiger partial charge in [0, 0.05) is 12.6 Å². The van der Waals surface area contributed by atoms with Gasteiger partial charge in [-0.15, -0.1) is 0 Å². The van der Waals surface area contributed by atoms with Crippen LogP contribution in [0.4, 0.5) is 0 Å². The number of rotatable bonds is 6. The van der Waals surface area contributed by atoms with Crippen molar-refractivity contribution in [1.82, 2.24) is 15.5 Å². The molecule has 0 radical (unpaired) electrons. The highest BCUT2D eigenvalue weighted by Crippen LogP contribution is 2.20. The van der Waals surface area contributed by atoms with Gasteiger partial charge in [0.1, 0.15) is 17.2 Å². The number of carbonyl (C=O) groups is 1. The fraction of sp³-hybridized carbons (Fsp3) is 0.222. The van der Waals surface area contributed by atoms with Gasteiger partial charge < -0.3 is 14.5 Å². The zero-order valence-corrected chi connectivity index (χ0v) is 13.6. The molecule has 0 fully saturated rings. The number of amides is 1. The van der Waals surface area contributed by atoms with Gasteiger partial charge in [0.2, 0.25) is 0 Å². The van der Waals surface area contributed by atoms with Gasteiger partial charge in [0.15, 0.2) is 11.5 Å². The molecular formula is C18H19N3O3. The Hall–Kier alpha value is -3.02. The first-order valence-corrected chi connectivity index (χ1v) is 7.69. The van der Waals surface area contributed by atoms with E-state index in [-0.39, 0.29) is 5.91 Å². The van der Waals surface area contributed by atoms with Gasteiger partial charge in [-0.3, -0.25) is 9.89 Å². The van der Waals surface area contributed by atoms with E-state index in [0.717, 1.165) is 23.5 Å². The van der Waals surface area contributed by atoms with Gasteiger partial charge in [-0.1, -0.05) is 12.1 Å². The minimum Gasteiger partial charge on any atom is -0.497 e. The Kier molecular flexibility index (Phi) is 4.65. The standard InChI is InChI=1S/C18H19N3O3/c1-12-6-7-17(24-12)15-11-16(21-20-15)18(22)19-9-8-13-4-3-5-14(10-13)23-2/h3-7,10-11H,8-9H2,1-2H3,(H,19,22)(H,20,21). The minimum absolute atomic E-state index is 0.219.